The van der Waals surface area contributed by atoms with Crippen molar-refractivity contribution in [1.29, 1.82) is 0 Å². The van der Waals surface area contributed by atoms with Gasteiger partial charge < -0.3 is 15.0 Å². The predicted octanol–water partition coefficient (Wildman–Crippen LogP) is 1.59. The molecule has 0 fully saturated rings. The number of ether oxygens (including phenoxy) is 1. The number of rotatable bonds is 9. The maximum absolute atomic E-state index is 12.8. The molecule has 0 atom stereocenters. The fourth-order valence-corrected chi connectivity index (χ4v) is 4.06. The van der Waals surface area contributed by atoms with E-state index in [9.17, 15) is 14.4 Å². The van der Waals surface area contributed by atoms with E-state index in [2.05, 4.69) is 10.2 Å². The maximum Gasteiger partial charge on any atom is 0.332 e. The summed E-state index contributed by atoms with van der Waals surface area (Å²) in [6.45, 7) is 1.12. The minimum absolute atomic E-state index is 0.0966. The Kier molecular flexibility index (Phi) is 7.54. The molecule has 3 rings (SSSR count). The summed E-state index contributed by atoms with van der Waals surface area (Å²) in [4.78, 5) is 37.3. The van der Waals surface area contributed by atoms with Crippen LogP contribution in [0.1, 0.15) is 16.8 Å². The van der Waals surface area contributed by atoms with Gasteiger partial charge in [-0.2, -0.15) is 0 Å². The second-order valence-corrected chi connectivity index (χ2v) is 8.37. The number of nitrogen functional groups attached to an aromatic ring is 1. The second-order valence-electron chi connectivity index (χ2n) is 6.99. The molecule has 170 valence electrons. The quantitative estimate of drug-likeness (QED) is 0.279. The van der Waals surface area contributed by atoms with Crippen molar-refractivity contribution in [2.45, 2.75) is 18.1 Å². The fourth-order valence-electron chi connectivity index (χ4n) is 3.10. The van der Waals surface area contributed by atoms with Crippen LogP contribution in [0.4, 0.5) is 5.82 Å². The first kappa shape index (κ1) is 23.8. The molecule has 2 N–H and O–H groups in total. The van der Waals surface area contributed by atoms with Crippen LogP contribution < -0.4 is 17.0 Å². The first-order chi connectivity index (χ1) is 15.3. The molecule has 0 aliphatic heterocycles. The number of hydrogen-bond acceptors (Lipinski definition) is 8. The van der Waals surface area contributed by atoms with Crippen molar-refractivity contribution in [1.82, 2.24) is 23.9 Å². The molecule has 32 heavy (non-hydrogen) atoms. The molecule has 0 aliphatic rings. The highest BCUT2D eigenvalue weighted by atomic mass is 35.5. The molecule has 0 saturated carbocycles. The Balaban J connectivity index is 1.89. The minimum atomic E-state index is -0.723. The first-order valence-corrected chi connectivity index (χ1v) is 11.0. The smallest absolute Gasteiger partial charge is 0.332 e. The summed E-state index contributed by atoms with van der Waals surface area (Å²) in [5, 5.41) is 9.64. The number of benzene rings is 1. The number of halogens is 1. The molecule has 0 radical (unpaired) electrons. The molecular formula is C20H23ClN6O4S. The van der Waals surface area contributed by atoms with Crippen LogP contribution in [0.5, 0.6) is 0 Å². The molecule has 10 nitrogen and oxygen atoms in total. The summed E-state index contributed by atoms with van der Waals surface area (Å²) >= 11 is 7.13. The van der Waals surface area contributed by atoms with E-state index in [1.54, 1.807) is 19.2 Å². The van der Waals surface area contributed by atoms with E-state index in [0.29, 0.717) is 35.6 Å². The Labute approximate surface area is 193 Å². The van der Waals surface area contributed by atoms with Gasteiger partial charge in [0.2, 0.25) is 0 Å². The van der Waals surface area contributed by atoms with Crippen molar-refractivity contribution >= 4 is 35.0 Å². The van der Waals surface area contributed by atoms with Crippen molar-refractivity contribution < 1.29 is 9.53 Å². The minimum Gasteiger partial charge on any atom is -0.385 e. The molecule has 2 heterocycles. The fraction of sp³-hybridized carbons (Fsp3) is 0.350. The molecule has 0 saturated heterocycles. The van der Waals surface area contributed by atoms with Crippen molar-refractivity contribution in [3.05, 3.63) is 55.7 Å². The molecule has 0 aliphatic carbocycles. The highest BCUT2D eigenvalue weighted by Crippen LogP contribution is 2.26. The lowest BCUT2D eigenvalue weighted by Crippen LogP contribution is -2.41. The largest absolute Gasteiger partial charge is 0.385 e. The SMILES string of the molecule is COCCCn1c(SCC(=O)c2c(N)n(C)c(=O)n(C)c2=O)nnc1-c1ccc(Cl)cc1. The predicted molar refractivity (Wildman–Crippen MR) is 123 cm³/mol. The number of nitrogens with zero attached hydrogens (tertiary/aromatic N) is 5. The van der Waals surface area contributed by atoms with E-state index in [1.807, 2.05) is 16.7 Å². The third-order valence-electron chi connectivity index (χ3n) is 4.87. The summed E-state index contributed by atoms with van der Waals surface area (Å²) in [6, 6.07) is 7.21. The lowest BCUT2D eigenvalue weighted by molar-refractivity contribution is 0.102. The number of anilines is 1. The number of Topliss-reactive ketones (excluding diaryl/α,β-unsaturated/α-hetero) is 1. The number of thioether (sulfide) groups is 1. The van der Waals surface area contributed by atoms with Crippen LogP contribution in [-0.4, -0.2) is 49.2 Å². The van der Waals surface area contributed by atoms with Crippen LogP contribution in [0.3, 0.4) is 0 Å². The molecule has 0 unspecified atom stereocenters. The van der Waals surface area contributed by atoms with E-state index in [-0.39, 0.29) is 17.1 Å². The topological polar surface area (TPSA) is 127 Å². The van der Waals surface area contributed by atoms with Crippen molar-refractivity contribution in [2.75, 3.05) is 25.2 Å². The summed E-state index contributed by atoms with van der Waals surface area (Å²) in [7, 11) is 4.34. The molecular weight excluding hydrogens is 456 g/mol. The van der Waals surface area contributed by atoms with Crippen molar-refractivity contribution in [3.63, 3.8) is 0 Å². The first-order valence-electron chi connectivity index (χ1n) is 9.65. The van der Waals surface area contributed by atoms with Gasteiger partial charge in [0.05, 0.1) is 5.75 Å². The van der Waals surface area contributed by atoms with Gasteiger partial charge in [-0.3, -0.25) is 18.7 Å². The number of hydrogen-bond donors (Lipinski definition) is 1. The van der Waals surface area contributed by atoms with Gasteiger partial charge in [-0.1, -0.05) is 23.4 Å². The lowest BCUT2D eigenvalue weighted by Gasteiger charge is -2.12. The monoisotopic (exact) mass is 478 g/mol. The van der Waals surface area contributed by atoms with Crippen LogP contribution in [0.25, 0.3) is 11.4 Å². The van der Waals surface area contributed by atoms with E-state index < -0.39 is 17.0 Å². The number of aromatic nitrogens is 5. The van der Waals surface area contributed by atoms with E-state index in [0.717, 1.165) is 26.5 Å². The molecule has 2 aromatic heterocycles. The Morgan fingerprint density at radius 3 is 2.50 bits per heavy atom. The van der Waals surface area contributed by atoms with Gasteiger partial charge in [-0.25, -0.2) is 4.79 Å². The Morgan fingerprint density at radius 2 is 1.84 bits per heavy atom. The van der Waals surface area contributed by atoms with Gasteiger partial charge in [0, 0.05) is 44.9 Å². The van der Waals surface area contributed by atoms with Gasteiger partial charge in [-0.05, 0) is 30.7 Å². The number of ketones is 1. The lowest BCUT2D eigenvalue weighted by atomic mass is 10.2. The zero-order chi connectivity index (χ0) is 23.4. The average molecular weight is 479 g/mol. The zero-order valence-electron chi connectivity index (χ0n) is 17.9. The molecule has 1 aromatic carbocycles. The van der Waals surface area contributed by atoms with E-state index in [4.69, 9.17) is 22.1 Å². The molecule has 3 aromatic rings. The second kappa shape index (κ2) is 10.2. The molecule has 12 heteroatoms. The Morgan fingerprint density at radius 1 is 1.16 bits per heavy atom. The molecule has 0 amide bonds. The van der Waals surface area contributed by atoms with Gasteiger partial charge in [0.25, 0.3) is 5.56 Å². The van der Waals surface area contributed by atoms with Crippen LogP contribution in [0.2, 0.25) is 5.02 Å². The van der Waals surface area contributed by atoms with Crippen molar-refractivity contribution in [2.24, 2.45) is 14.1 Å². The number of nitrogens with two attached hydrogens (primary N) is 1. The summed E-state index contributed by atoms with van der Waals surface area (Å²) in [5.74, 6) is -0.124. The third-order valence-corrected chi connectivity index (χ3v) is 6.09. The number of carbonyl (C=O) groups excluding carboxylic acids is 1. The summed E-state index contributed by atoms with van der Waals surface area (Å²) in [6.07, 6.45) is 0.713. The average Bonchev–Trinajstić information content (AvgIpc) is 3.18. The molecule has 0 bridgehead atoms. The van der Waals surface area contributed by atoms with E-state index in [1.165, 1.54) is 14.1 Å². The Hall–Kier alpha value is -2.89. The van der Waals surface area contributed by atoms with E-state index >= 15 is 0 Å². The normalized spacial score (nSPS) is 11.1. The Bertz CT molecular complexity index is 1250. The standard InChI is InChI=1S/C20H23ClN6O4S/c1-25-16(22)15(18(29)26(2)20(25)30)14(28)11-32-19-24-23-17(27(19)9-4-10-31-3)12-5-7-13(21)8-6-12/h5-8H,4,9-11,22H2,1-3H3. The highest BCUT2D eigenvalue weighted by Gasteiger charge is 2.22. The van der Waals surface area contributed by atoms with Crippen LogP contribution in [-0.2, 0) is 25.4 Å². The summed E-state index contributed by atoms with van der Waals surface area (Å²) < 4.78 is 8.97. The van der Waals surface area contributed by atoms with Crippen LogP contribution in [0.15, 0.2) is 39.0 Å². The zero-order valence-corrected chi connectivity index (χ0v) is 19.4. The van der Waals surface area contributed by atoms with Gasteiger partial charge in [0.1, 0.15) is 11.4 Å². The molecule has 0 spiro atoms. The van der Waals surface area contributed by atoms with Crippen LogP contribution in [0, 0.1) is 0 Å². The van der Waals surface area contributed by atoms with Crippen LogP contribution >= 0.6 is 23.4 Å². The number of methoxy groups -OCH3 is 1. The van der Waals surface area contributed by atoms with Gasteiger partial charge in [0.15, 0.2) is 16.8 Å². The summed E-state index contributed by atoms with van der Waals surface area (Å²) in [5.41, 5.74) is 5.18. The maximum atomic E-state index is 12.8. The third kappa shape index (κ3) is 4.79. The van der Waals surface area contributed by atoms with Crippen molar-refractivity contribution in [3.8, 4) is 11.4 Å². The number of carbonyl (C=O) groups is 1. The van der Waals surface area contributed by atoms with Gasteiger partial charge >= 0.3 is 5.69 Å². The highest BCUT2D eigenvalue weighted by molar-refractivity contribution is 7.99. The van der Waals surface area contributed by atoms with Gasteiger partial charge in [-0.15, -0.1) is 10.2 Å².